The Labute approximate surface area is 69.6 Å². The molecule has 3 heteroatoms. The van der Waals surface area contributed by atoms with E-state index >= 15 is 0 Å². The molecule has 0 spiro atoms. The van der Waals surface area contributed by atoms with Gasteiger partial charge in [0, 0.05) is 6.08 Å². The van der Waals surface area contributed by atoms with E-state index in [-0.39, 0.29) is 5.75 Å². The Balaban J connectivity index is 2.83. The van der Waals surface area contributed by atoms with Crippen LogP contribution in [0.4, 0.5) is 0 Å². The minimum absolute atomic E-state index is 0.127. The number of phenols is 1. The molecule has 0 aliphatic heterocycles. The van der Waals surface area contributed by atoms with Crippen molar-refractivity contribution >= 4 is 12.0 Å². The van der Waals surface area contributed by atoms with E-state index in [0.717, 1.165) is 6.08 Å². The van der Waals surface area contributed by atoms with Crippen molar-refractivity contribution in [2.75, 3.05) is 0 Å². The Morgan fingerprint density at radius 3 is 2.75 bits per heavy atom. The van der Waals surface area contributed by atoms with E-state index in [1.165, 1.54) is 18.2 Å². The fourth-order valence-corrected chi connectivity index (χ4v) is 0.796. The first kappa shape index (κ1) is 8.33. The highest BCUT2D eigenvalue weighted by molar-refractivity contribution is 5.85. The second kappa shape index (κ2) is 3.57. The minimum Gasteiger partial charge on any atom is -0.508 e. The molecule has 0 aliphatic rings. The highest BCUT2D eigenvalue weighted by atomic mass is 16.5. The molecule has 0 aromatic heterocycles. The first-order chi connectivity index (χ1) is 5.68. The Morgan fingerprint density at radius 1 is 1.42 bits per heavy atom. The molecule has 0 unspecified atom stereocenters. The van der Waals surface area contributed by atoms with Crippen molar-refractivity contribution in [1.82, 2.24) is 0 Å². The number of phenolic OH excluding ortho intramolecular Hbond substituents is 1. The summed E-state index contributed by atoms with van der Waals surface area (Å²) in [6.07, 6.45) is 2.44. The Morgan fingerprint density at radius 2 is 2.17 bits per heavy atom. The van der Waals surface area contributed by atoms with Gasteiger partial charge in [-0.2, -0.15) is 0 Å². The quantitative estimate of drug-likeness (QED) is 0.518. The average molecular weight is 167 g/mol. The largest absolute Gasteiger partial charge is 0.508 e. The van der Waals surface area contributed by atoms with Crippen molar-refractivity contribution in [1.29, 1.82) is 0 Å². The van der Waals surface area contributed by atoms with E-state index in [1.807, 2.05) is 0 Å². The van der Waals surface area contributed by atoms with Gasteiger partial charge in [-0.3, -0.25) is 0 Å². The van der Waals surface area contributed by atoms with Crippen molar-refractivity contribution in [3.63, 3.8) is 0 Å². The summed E-state index contributed by atoms with van der Waals surface area (Å²) in [5, 5.41) is 17.3. The summed E-state index contributed by atoms with van der Waals surface area (Å²) in [4.78, 5) is 10.1. The van der Waals surface area contributed by atoms with E-state index in [1.54, 1.807) is 12.1 Å². The first-order valence-corrected chi connectivity index (χ1v) is 3.38. The number of aromatic hydroxyl groups is 1. The zero-order valence-corrected chi connectivity index (χ0v) is 6.27. The van der Waals surface area contributed by atoms with Gasteiger partial charge in [-0.25, -0.2) is 4.79 Å². The highest BCUT2D eigenvalue weighted by Gasteiger charge is 1.90. The SMILES string of the molecule is O=[13C](O)/[13CH]=[13CH]/c1cccc(O)c1. The van der Waals surface area contributed by atoms with E-state index in [9.17, 15) is 4.79 Å². The van der Waals surface area contributed by atoms with Crippen LogP contribution in [0.3, 0.4) is 0 Å². The van der Waals surface area contributed by atoms with Crippen molar-refractivity contribution in [2.24, 2.45) is 0 Å². The monoisotopic (exact) mass is 167 g/mol. The number of hydrogen-bond acceptors (Lipinski definition) is 2. The second-order valence-corrected chi connectivity index (χ2v) is 2.27. The van der Waals surface area contributed by atoms with E-state index in [0.29, 0.717) is 5.56 Å². The molecule has 62 valence electrons. The molecule has 2 N–H and O–H groups in total. The topological polar surface area (TPSA) is 57.5 Å². The van der Waals surface area contributed by atoms with Gasteiger partial charge >= 0.3 is 5.97 Å². The number of benzene rings is 1. The van der Waals surface area contributed by atoms with Crippen LogP contribution in [0.15, 0.2) is 30.3 Å². The zero-order valence-electron chi connectivity index (χ0n) is 6.27. The first-order valence-electron chi connectivity index (χ1n) is 3.38. The van der Waals surface area contributed by atoms with Crippen LogP contribution in [-0.2, 0) is 4.79 Å². The van der Waals surface area contributed by atoms with Gasteiger partial charge in [-0.15, -0.1) is 0 Å². The number of rotatable bonds is 2. The minimum atomic E-state index is -1.00. The van der Waals surface area contributed by atoms with Crippen LogP contribution in [0.5, 0.6) is 5.75 Å². The number of carboxylic acid groups (broad SMARTS) is 1. The molecule has 12 heavy (non-hydrogen) atoms. The van der Waals surface area contributed by atoms with Gasteiger partial charge < -0.3 is 10.2 Å². The summed E-state index contributed by atoms with van der Waals surface area (Å²) in [6, 6.07) is 6.37. The van der Waals surface area contributed by atoms with Crippen molar-refractivity contribution in [3.05, 3.63) is 35.9 Å². The predicted molar refractivity (Wildman–Crippen MR) is 44.8 cm³/mol. The molecular weight excluding hydrogens is 159 g/mol. The van der Waals surface area contributed by atoms with Gasteiger partial charge in [-0.1, -0.05) is 12.1 Å². The predicted octanol–water partition coefficient (Wildman–Crippen LogP) is 1.49. The number of carbonyl (C=O) groups is 1. The molecule has 0 saturated carbocycles. The molecule has 0 atom stereocenters. The molecule has 1 aromatic rings. The van der Waals surface area contributed by atoms with Crippen molar-refractivity contribution in [3.8, 4) is 5.75 Å². The van der Waals surface area contributed by atoms with Gasteiger partial charge in [0.25, 0.3) is 0 Å². The molecular formula is C9H8O3. The van der Waals surface area contributed by atoms with Crippen LogP contribution >= 0.6 is 0 Å². The fourth-order valence-electron chi connectivity index (χ4n) is 0.796. The second-order valence-electron chi connectivity index (χ2n) is 2.27. The summed E-state index contributed by atoms with van der Waals surface area (Å²) in [5.41, 5.74) is 0.664. The molecule has 0 heterocycles. The highest BCUT2D eigenvalue weighted by Crippen LogP contribution is 2.11. The zero-order chi connectivity index (χ0) is 8.97. The molecule has 0 saturated heterocycles. The summed E-state index contributed by atoms with van der Waals surface area (Å²) >= 11 is 0. The standard InChI is InChI=1S/C9H8O3/c10-8-3-1-2-7(6-8)4-5-9(11)12/h1-6,10H,(H,11,12)/b5-4+/i4+1,5+1,9+1. The van der Waals surface area contributed by atoms with E-state index in [2.05, 4.69) is 0 Å². The van der Waals surface area contributed by atoms with Crippen LogP contribution < -0.4 is 0 Å². The maximum atomic E-state index is 10.1. The summed E-state index contributed by atoms with van der Waals surface area (Å²) in [7, 11) is 0. The molecule has 1 aromatic carbocycles. The average Bonchev–Trinajstić information content (AvgIpc) is 2.01. The third-order valence-electron chi connectivity index (χ3n) is 1.29. The Kier molecular flexibility index (Phi) is 2.48. The normalized spacial score (nSPS) is 10.3. The molecule has 0 bridgehead atoms. The lowest BCUT2D eigenvalue weighted by atomic mass is 10.3. The molecule has 0 aliphatic carbocycles. The fraction of sp³-hybridized carbons (Fsp3) is 0. The smallest absolute Gasteiger partial charge is 0.328 e. The van der Waals surface area contributed by atoms with Crippen LogP contribution in [0.25, 0.3) is 6.08 Å². The lowest BCUT2D eigenvalue weighted by Gasteiger charge is -1.92. The number of hydrogen-bond donors (Lipinski definition) is 2. The third-order valence-corrected chi connectivity index (χ3v) is 1.29. The van der Waals surface area contributed by atoms with Crippen molar-refractivity contribution in [2.45, 2.75) is 0 Å². The number of aliphatic carboxylic acids is 1. The molecule has 0 amide bonds. The summed E-state index contributed by atoms with van der Waals surface area (Å²) < 4.78 is 0. The lowest BCUT2D eigenvalue weighted by molar-refractivity contribution is -0.131. The summed E-state index contributed by atoms with van der Waals surface area (Å²) in [5.74, 6) is -0.874. The van der Waals surface area contributed by atoms with Gasteiger partial charge in [0.2, 0.25) is 0 Å². The van der Waals surface area contributed by atoms with Gasteiger partial charge in [0.05, 0.1) is 0 Å². The lowest BCUT2D eigenvalue weighted by Crippen LogP contribution is -1.85. The summed E-state index contributed by atoms with van der Waals surface area (Å²) in [6.45, 7) is 0. The maximum absolute atomic E-state index is 10.1. The number of carboxylic acids is 1. The Bertz CT molecular complexity index is 315. The molecule has 3 nitrogen and oxygen atoms in total. The molecule has 0 radical (unpaired) electrons. The van der Waals surface area contributed by atoms with E-state index in [4.69, 9.17) is 10.2 Å². The molecule has 0 fully saturated rings. The maximum Gasteiger partial charge on any atom is 0.328 e. The van der Waals surface area contributed by atoms with Gasteiger partial charge in [-0.05, 0) is 23.8 Å². The van der Waals surface area contributed by atoms with Crippen molar-refractivity contribution < 1.29 is 15.0 Å². The van der Waals surface area contributed by atoms with Crippen LogP contribution in [0, 0.1) is 0 Å². The third kappa shape index (κ3) is 2.46. The van der Waals surface area contributed by atoms with Gasteiger partial charge in [0.15, 0.2) is 0 Å². The Hall–Kier alpha value is -1.77. The van der Waals surface area contributed by atoms with Crippen LogP contribution in [-0.4, -0.2) is 16.2 Å². The van der Waals surface area contributed by atoms with Crippen LogP contribution in [0.1, 0.15) is 5.56 Å². The van der Waals surface area contributed by atoms with E-state index < -0.39 is 5.97 Å². The molecule has 1 rings (SSSR count). The van der Waals surface area contributed by atoms with Crippen LogP contribution in [0.2, 0.25) is 0 Å². The van der Waals surface area contributed by atoms with Gasteiger partial charge in [0.1, 0.15) is 5.75 Å².